The second-order valence-electron chi connectivity index (χ2n) is 6.83. The first-order valence-corrected chi connectivity index (χ1v) is 8.75. The number of anilines is 1. The SMILES string of the molecule is CC(=O)Nc1ccc2nc(CN3C[C@@H]4CC(=O)N[C@@H]4C3)ccc2c1.O=CO. The average Bonchev–Trinajstić information content (AvgIpc) is 3.11. The molecular weight excluding hydrogens is 348 g/mol. The van der Waals surface area contributed by atoms with E-state index in [2.05, 4.69) is 15.5 Å². The van der Waals surface area contributed by atoms with Gasteiger partial charge < -0.3 is 15.7 Å². The Kier molecular flexibility index (Phi) is 5.66. The van der Waals surface area contributed by atoms with Gasteiger partial charge in [-0.2, -0.15) is 0 Å². The van der Waals surface area contributed by atoms with E-state index in [0.29, 0.717) is 18.4 Å². The molecule has 2 aliphatic heterocycles. The Morgan fingerprint density at radius 3 is 2.85 bits per heavy atom. The lowest BCUT2D eigenvalue weighted by Crippen LogP contribution is -2.32. The van der Waals surface area contributed by atoms with Gasteiger partial charge in [-0.25, -0.2) is 0 Å². The maximum Gasteiger partial charge on any atom is 0.290 e. The molecule has 0 saturated carbocycles. The number of rotatable bonds is 3. The summed E-state index contributed by atoms with van der Waals surface area (Å²) in [5, 5.41) is 13.7. The fraction of sp³-hybridized carbons (Fsp3) is 0.368. The summed E-state index contributed by atoms with van der Waals surface area (Å²) in [5.74, 6) is 0.548. The Bertz CT molecular complexity index is 854. The molecule has 8 heteroatoms. The number of likely N-dealkylation sites (tertiary alicyclic amines) is 1. The predicted molar refractivity (Wildman–Crippen MR) is 100 cm³/mol. The van der Waals surface area contributed by atoms with Crippen molar-refractivity contribution < 1.29 is 19.5 Å². The van der Waals surface area contributed by atoms with Crippen LogP contribution in [0.5, 0.6) is 0 Å². The molecule has 2 fully saturated rings. The molecule has 4 rings (SSSR count). The third-order valence-electron chi connectivity index (χ3n) is 4.76. The lowest BCUT2D eigenvalue weighted by molar-refractivity contribution is -0.123. The van der Waals surface area contributed by atoms with Crippen LogP contribution in [0.2, 0.25) is 0 Å². The first kappa shape index (κ1) is 18.8. The van der Waals surface area contributed by atoms with E-state index in [1.807, 2.05) is 30.3 Å². The Morgan fingerprint density at radius 1 is 1.37 bits per heavy atom. The molecule has 2 aliphatic rings. The molecule has 1 aromatic heterocycles. The maximum absolute atomic E-state index is 11.4. The molecule has 0 spiro atoms. The van der Waals surface area contributed by atoms with Gasteiger partial charge >= 0.3 is 0 Å². The van der Waals surface area contributed by atoms with Crippen LogP contribution in [0.4, 0.5) is 5.69 Å². The van der Waals surface area contributed by atoms with Crippen LogP contribution in [-0.4, -0.2) is 52.4 Å². The first-order chi connectivity index (χ1) is 13.0. The van der Waals surface area contributed by atoms with E-state index in [0.717, 1.165) is 41.9 Å². The van der Waals surface area contributed by atoms with Gasteiger partial charge in [0.1, 0.15) is 0 Å². The van der Waals surface area contributed by atoms with Crippen molar-refractivity contribution in [2.45, 2.75) is 25.9 Å². The second kappa shape index (κ2) is 8.13. The molecule has 142 valence electrons. The zero-order valence-electron chi connectivity index (χ0n) is 15.0. The molecule has 27 heavy (non-hydrogen) atoms. The van der Waals surface area contributed by atoms with Crippen LogP contribution in [0, 0.1) is 5.92 Å². The quantitative estimate of drug-likeness (QED) is 0.701. The van der Waals surface area contributed by atoms with Gasteiger partial charge in [0.25, 0.3) is 6.47 Å². The van der Waals surface area contributed by atoms with Gasteiger partial charge in [-0.15, -0.1) is 0 Å². The van der Waals surface area contributed by atoms with E-state index in [1.165, 1.54) is 6.92 Å². The number of hydrogen-bond donors (Lipinski definition) is 3. The van der Waals surface area contributed by atoms with Crippen LogP contribution in [-0.2, 0) is 20.9 Å². The summed E-state index contributed by atoms with van der Waals surface area (Å²) in [6.07, 6.45) is 0.651. The van der Waals surface area contributed by atoms with E-state index in [4.69, 9.17) is 14.9 Å². The van der Waals surface area contributed by atoms with Crippen molar-refractivity contribution in [3.05, 3.63) is 36.0 Å². The number of pyridine rings is 1. The van der Waals surface area contributed by atoms with Crippen molar-refractivity contribution in [2.75, 3.05) is 18.4 Å². The summed E-state index contributed by atoms with van der Waals surface area (Å²) < 4.78 is 0. The summed E-state index contributed by atoms with van der Waals surface area (Å²) in [6, 6.07) is 10.1. The fourth-order valence-corrected chi connectivity index (χ4v) is 3.73. The Morgan fingerprint density at radius 2 is 2.15 bits per heavy atom. The summed E-state index contributed by atoms with van der Waals surface area (Å²) in [7, 11) is 0. The predicted octanol–water partition coefficient (Wildman–Crippen LogP) is 1.21. The number of carboxylic acid groups (broad SMARTS) is 1. The molecule has 0 bridgehead atoms. The summed E-state index contributed by atoms with van der Waals surface area (Å²) in [5.41, 5.74) is 2.74. The van der Waals surface area contributed by atoms with Gasteiger partial charge in [0, 0.05) is 56.0 Å². The van der Waals surface area contributed by atoms with E-state index < -0.39 is 0 Å². The summed E-state index contributed by atoms with van der Waals surface area (Å²) in [4.78, 5) is 38.0. The van der Waals surface area contributed by atoms with Crippen molar-refractivity contribution >= 4 is 34.9 Å². The van der Waals surface area contributed by atoms with Crippen molar-refractivity contribution in [1.82, 2.24) is 15.2 Å². The average molecular weight is 370 g/mol. The van der Waals surface area contributed by atoms with E-state index in [1.54, 1.807) is 0 Å². The lowest BCUT2D eigenvalue weighted by Gasteiger charge is -2.16. The third-order valence-corrected chi connectivity index (χ3v) is 4.76. The van der Waals surface area contributed by atoms with Crippen molar-refractivity contribution in [3.8, 4) is 0 Å². The Labute approximate surface area is 156 Å². The van der Waals surface area contributed by atoms with Crippen molar-refractivity contribution in [3.63, 3.8) is 0 Å². The molecule has 3 N–H and O–H groups in total. The van der Waals surface area contributed by atoms with Crippen LogP contribution in [0.15, 0.2) is 30.3 Å². The Balaban J connectivity index is 0.000000659. The standard InChI is InChI=1S/C18H20N4O2.CH2O2/c1-11(23)19-14-4-5-16-12(6-14)2-3-15(20-16)9-22-8-13-7-18(24)21-17(13)10-22;2-1-3/h2-6,13,17H,7-10H2,1H3,(H,19,23)(H,21,24);1H,(H,2,3)/t13-,17+;/m0./s1. The number of benzene rings is 1. The van der Waals surface area contributed by atoms with Gasteiger partial charge in [-0.1, -0.05) is 6.07 Å². The van der Waals surface area contributed by atoms with E-state index in [9.17, 15) is 9.59 Å². The number of nitrogens with one attached hydrogen (secondary N) is 2. The second-order valence-corrected chi connectivity index (χ2v) is 6.83. The lowest BCUT2D eigenvalue weighted by atomic mass is 10.1. The molecule has 0 radical (unpaired) electrons. The molecular formula is C19H22N4O4. The zero-order valence-corrected chi connectivity index (χ0v) is 15.0. The summed E-state index contributed by atoms with van der Waals surface area (Å²) >= 11 is 0. The van der Waals surface area contributed by atoms with Crippen LogP contribution in [0.3, 0.4) is 0 Å². The maximum atomic E-state index is 11.4. The number of amides is 2. The highest BCUT2D eigenvalue weighted by Crippen LogP contribution is 2.26. The van der Waals surface area contributed by atoms with E-state index in [-0.39, 0.29) is 18.3 Å². The minimum absolute atomic E-state index is 0.0781. The summed E-state index contributed by atoms with van der Waals surface area (Å²) in [6.45, 7) is 3.90. The molecule has 0 unspecified atom stereocenters. The van der Waals surface area contributed by atoms with Gasteiger partial charge in [-0.3, -0.25) is 24.3 Å². The number of fused-ring (bicyclic) bond motifs is 2. The molecule has 2 aromatic rings. The monoisotopic (exact) mass is 370 g/mol. The van der Waals surface area contributed by atoms with Crippen LogP contribution >= 0.6 is 0 Å². The number of nitrogens with zero attached hydrogens (tertiary/aromatic N) is 2. The normalized spacial score (nSPS) is 21.1. The van der Waals surface area contributed by atoms with Crippen molar-refractivity contribution in [1.29, 1.82) is 0 Å². The van der Waals surface area contributed by atoms with Gasteiger partial charge in [-0.05, 0) is 24.3 Å². The van der Waals surface area contributed by atoms with Gasteiger partial charge in [0.15, 0.2) is 0 Å². The molecule has 2 saturated heterocycles. The van der Waals surface area contributed by atoms with Crippen molar-refractivity contribution in [2.24, 2.45) is 5.92 Å². The fourth-order valence-electron chi connectivity index (χ4n) is 3.73. The van der Waals surface area contributed by atoms with Gasteiger partial charge in [0.2, 0.25) is 11.8 Å². The smallest absolute Gasteiger partial charge is 0.290 e. The minimum atomic E-state index is -0.250. The highest BCUT2D eigenvalue weighted by Gasteiger charge is 2.39. The molecule has 0 aliphatic carbocycles. The molecule has 2 amide bonds. The number of aromatic nitrogens is 1. The topological polar surface area (TPSA) is 112 Å². The molecule has 2 atom stereocenters. The minimum Gasteiger partial charge on any atom is -0.483 e. The van der Waals surface area contributed by atoms with Gasteiger partial charge in [0.05, 0.1) is 11.2 Å². The number of carbonyl (C=O) groups is 3. The van der Waals surface area contributed by atoms with E-state index >= 15 is 0 Å². The van der Waals surface area contributed by atoms with Crippen LogP contribution in [0.25, 0.3) is 10.9 Å². The number of carbonyl (C=O) groups excluding carboxylic acids is 2. The van der Waals surface area contributed by atoms with Crippen LogP contribution < -0.4 is 10.6 Å². The molecule has 1 aromatic carbocycles. The largest absolute Gasteiger partial charge is 0.483 e. The third kappa shape index (κ3) is 4.59. The first-order valence-electron chi connectivity index (χ1n) is 8.75. The molecule has 3 heterocycles. The highest BCUT2D eigenvalue weighted by atomic mass is 16.3. The molecule has 8 nitrogen and oxygen atoms in total. The highest BCUT2D eigenvalue weighted by molar-refractivity contribution is 5.92. The Hall–Kier alpha value is -3.00. The number of hydrogen-bond acceptors (Lipinski definition) is 5. The van der Waals surface area contributed by atoms with Crippen LogP contribution in [0.1, 0.15) is 19.0 Å². The zero-order chi connectivity index (χ0) is 19.4.